The van der Waals surface area contributed by atoms with Crippen molar-refractivity contribution in [3.05, 3.63) is 107 Å². The number of benzene rings is 3. The number of aliphatic imine (C=N–C) groups is 1. The molecule has 0 atom stereocenters. The van der Waals surface area contributed by atoms with E-state index in [2.05, 4.69) is 4.99 Å². The van der Waals surface area contributed by atoms with Gasteiger partial charge in [0.05, 0.1) is 5.56 Å². The average Bonchev–Trinajstić information content (AvgIpc) is 3.10. The van der Waals surface area contributed by atoms with Crippen molar-refractivity contribution < 1.29 is 19.1 Å². The van der Waals surface area contributed by atoms with Crippen molar-refractivity contribution >= 4 is 23.9 Å². The molecule has 0 bridgehead atoms. The number of cyclic esters (lactones) is 1. The molecular weight excluding hydrogens is 366 g/mol. The molecule has 29 heavy (non-hydrogen) atoms. The monoisotopic (exact) mass is 383 g/mol. The van der Waals surface area contributed by atoms with Gasteiger partial charge in [-0.25, -0.2) is 14.6 Å². The molecule has 0 radical (unpaired) electrons. The van der Waals surface area contributed by atoms with Crippen LogP contribution in [0.5, 0.6) is 5.75 Å². The van der Waals surface area contributed by atoms with Crippen molar-refractivity contribution in [3.8, 4) is 5.75 Å². The number of ether oxygens (including phenoxy) is 2. The number of hydrogen-bond donors (Lipinski definition) is 0. The molecule has 1 aliphatic rings. The van der Waals surface area contributed by atoms with Gasteiger partial charge in [-0.05, 0) is 55.0 Å². The molecule has 0 amide bonds. The maximum Gasteiger partial charge on any atom is 0.363 e. The van der Waals surface area contributed by atoms with Crippen molar-refractivity contribution in [2.45, 2.75) is 6.92 Å². The van der Waals surface area contributed by atoms with Gasteiger partial charge in [0.1, 0.15) is 5.75 Å². The van der Waals surface area contributed by atoms with E-state index in [1.807, 2.05) is 49.4 Å². The van der Waals surface area contributed by atoms with Crippen LogP contribution in [-0.4, -0.2) is 17.8 Å². The first-order valence-electron chi connectivity index (χ1n) is 9.05. The molecule has 3 aromatic carbocycles. The van der Waals surface area contributed by atoms with E-state index in [0.29, 0.717) is 11.3 Å². The van der Waals surface area contributed by atoms with Crippen LogP contribution in [0.15, 0.2) is 89.6 Å². The van der Waals surface area contributed by atoms with Crippen molar-refractivity contribution in [1.82, 2.24) is 0 Å². The minimum atomic E-state index is -0.501. The lowest BCUT2D eigenvalue weighted by molar-refractivity contribution is -0.129. The molecule has 4 rings (SSSR count). The number of aryl methyl sites for hydroxylation is 1. The summed E-state index contributed by atoms with van der Waals surface area (Å²) in [6.45, 7) is 1.92. The second-order valence-electron chi connectivity index (χ2n) is 6.53. The Balaban J connectivity index is 1.49. The Morgan fingerprint density at radius 2 is 1.72 bits per heavy atom. The second-order valence-corrected chi connectivity index (χ2v) is 6.53. The molecule has 0 spiro atoms. The lowest BCUT2D eigenvalue weighted by Gasteiger charge is -2.05. The second kappa shape index (κ2) is 7.94. The molecule has 3 aromatic rings. The molecule has 0 N–H and O–H groups in total. The van der Waals surface area contributed by atoms with Crippen molar-refractivity contribution in [2.24, 2.45) is 4.99 Å². The maximum atomic E-state index is 12.2. The van der Waals surface area contributed by atoms with Gasteiger partial charge in [-0.1, -0.05) is 48.0 Å². The van der Waals surface area contributed by atoms with E-state index in [9.17, 15) is 9.59 Å². The first kappa shape index (κ1) is 18.4. The smallest absolute Gasteiger partial charge is 0.363 e. The fraction of sp³-hybridized carbons (Fsp3) is 0.0417. The number of carbonyl (C=O) groups is 2. The van der Waals surface area contributed by atoms with Crippen LogP contribution < -0.4 is 4.74 Å². The number of rotatable bonds is 4. The largest absolute Gasteiger partial charge is 0.423 e. The maximum absolute atomic E-state index is 12.2. The zero-order chi connectivity index (χ0) is 20.2. The zero-order valence-electron chi connectivity index (χ0n) is 15.7. The predicted octanol–water partition coefficient (Wildman–Crippen LogP) is 4.56. The van der Waals surface area contributed by atoms with E-state index in [-0.39, 0.29) is 11.6 Å². The topological polar surface area (TPSA) is 65.0 Å². The Morgan fingerprint density at radius 1 is 0.966 bits per heavy atom. The first-order chi connectivity index (χ1) is 14.1. The third-order valence-electron chi connectivity index (χ3n) is 4.29. The standard InChI is InChI=1S/C24H17NO4/c1-16-6-5-9-19(14-16)23(26)28-20-12-10-17(11-13-20)15-21-24(27)29-22(25-21)18-7-3-2-4-8-18/h2-15H,1H3/b21-15-. The fourth-order valence-corrected chi connectivity index (χ4v) is 2.84. The van der Waals surface area contributed by atoms with E-state index >= 15 is 0 Å². The molecule has 0 aliphatic carbocycles. The Kier molecular flexibility index (Phi) is 5.03. The molecule has 0 fully saturated rings. The highest BCUT2D eigenvalue weighted by Crippen LogP contribution is 2.21. The van der Waals surface area contributed by atoms with Gasteiger partial charge in [0, 0.05) is 5.56 Å². The molecule has 0 unspecified atom stereocenters. The molecular formula is C24H17NO4. The Hall–Kier alpha value is -3.99. The highest BCUT2D eigenvalue weighted by Gasteiger charge is 2.23. The Bertz CT molecular complexity index is 1130. The van der Waals surface area contributed by atoms with Crippen LogP contribution in [0.2, 0.25) is 0 Å². The van der Waals surface area contributed by atoms with Crippen LogP contribution in [0.3, 0.4) is 0 Å². The summed E-state index contributed by atoms with van der Waals surface area (Å²) in [6, 6.07) is 23.3. The van der Waals surface area contributed by atoms with Gasteiger partial charge in [0.25, 0.3) is 0 Å². The van der Waals surface area contributed by atoms with E-state index in [1.165, 1.54) is 0 Å². The van der Waals surface area contributed by atoms with E-state index < -0.39 is 11.9 Å². The quantitative estimate of drug-likeness (QED) is 0.376. The van der Waals surface area contributed by atoms with Gasteiger partial charge in [0.2, 0.25) is 5.90 Å². The first-order valence-corrected chi connectivity index (χ1v) is 9.05. The molecule has 0 saturated carbocycles. The minimum Gasteiger partial charge on any atom is -0.423 e. The van der Waals surface area contributed by atoms with Crippen LogP contribution in [0, 0.1) is 6.92 Å². The summed E-state index contributed by atoms with van der Waals surface area (Å²) in [5.41, 5.74) is 3.18. The summed E-state index contributed by atoms with van der Waals surface area (Å²) < 4.78 is 10.6. The summed E-state index contributed by atoms with van der Waals surface area (Å²) in [4.78, 5) is 28.6. The fourth-order valence-electron chi connectivity index (χ4n) is 2.84. The third-order valence-corrected chi connectivity index (χ3v) is 4.29. The van der Waals surface area contributed by atoms with Gasteiger partial charge in [-0.3, -0.25) is 0 Å². The van der Waals surface area contributed by atoms with Gasteiger partial charge in [0.15, 0.2) is 5.70 Å². The highest BCUT2D eigenvalue weighted by atomic mass is 16.6. The van der Waals surface area contributed by atoms with Crippen LogP contribution in [0.4, 0.5) is 0 Å². The Morgan fingerprint density at radius 3 is 2.45 bits per heavy atom. The molecule has 1 aliphatic heterocycles. The zero-order valence-corrected chi connectivity index (χ0v) is 15.7. The number of nitrogens with zero attached hydrogens (tertiary/aromatic N) is 1. The van der Waals surface area contributed by atoms with Crippen LogP contribution in [-0.2, 0) is 9.53 Å². The average molecular weight is 383 g/mol. The minimum absolute atomic E-state index is 0.216. The summed E-state index contributed by atoms with van der Waals surface area (Å²) in [7, 11) is 0. The van der Waals surface area contributed by atoms with Gasteiger partial charge in [-0.2, -0.15) is 0 Å². The van der Waals surface area contributed by atoms with E-state index in [1.54, 1.807) is 42.5 Å². The molecule has 142 valence electrons. The number of esters is 2. The highest BCUT2D eigenvalue weighted by molar-refractivity contribution is 6.12. The van der Waals surface area contributed by atoms with E-state index in [0.717, 1.165) is 16.7 Å². The summed E-state index contributed by atoms with van der Waals surface area (Å²) in [5, 5.41) is 0. The number of hydrogen-bond acceptors (Lipinski definition) is 5. The number of carbonyl (C=O) groups excluding carboxylic acids is 2. The van der Waals surface area contributed by atoms with Crippen LogP contribution in [0.1, 0.15) is 27.0 Å². The lowest BCUT2D eigenvalue weighted by atomic mass is 10.1. The summed E-state index contributed by atoms with van der Waals surface area (Å²) in [5.74, 6) is -0.221. The normalized spacial score (nSPS) is 14.4. The van der Waals surface area contributed by atoms with Crippen molar-refractivity contribution in [2.75, 3.05) is 0 Å². The lowest BCUT2D eigenvalue weighted by Crippen LogP contribution is -2.08. The van der Waals surface area contributed by atoms with Crippen molar-refractivity contribution in [3.63, 3.8) is 0 Å². The third kappa shape index (κ3) is 4.30. The molecule has 0 saturated heterocycles. The molecule has 5 heteroatoms. The molecule has 0 aromatic heterocycles. The summed E-state index contributed by atoms with van der Waals surface area (Å²) >= 11 is 0. The van der Waals surface area contributed by atoms with Gasteiger partial charge >= 0.3 is 11.9 Å². The van der Waals surface area contributed by atoms with E-state index in [4.69, 9.17) is 9.47 Å². The van der Waals surface area contributed by atoms with Gasteiger partial charge < -0.3 is 9.47 Å². The van der Waals surface area contributed by atoms with Crippen LogP contribution in [0.25, 0.3) is 6.08 Å². The van der Waals surface area contributed by atoms with Crippen molar-refractivity contribution in [1.29, 1.82) is 0 Å². The van der Waals surface area contributed by atoms with Crippen LogP contribution >= 0.6 is 0 Å². The Labute approximate surface area is 167 Å². The summed E-state index contributed by atoms with van der Waals surface area (Å²) in [6.07, 6.45) is 1.63. The predicted molar refractivity (Wildman–Crippen MR) is 110 cm³/mol. The SMILES string of the molecule is Cc1cccc(C(=O)Oc2ccc(/C=C3\N=C(c4ccccc4)OC3=O)cc2)c1. The van der Waals surface area contributed by atoms with Gasteiger partial charge in [-0.15, -0.1) is 0 Å². The molecule has 5 nitrogen and oxygen atoms in total. The molecule has 1 heterocycles.